The Morgan fingerprint density at radius 1 is 1.38 bits per heavy atom. The molecular formula is C11H14N2. The van der Waals surface area contributed by atoms with E-state index in [0.717, 1.165) is 17.3 Å². The smallest absolute Gasteiger partial charge is 0.0857 e. The fourth-order valence-corrected chi connectivity index (χ4v) is 1.23. The average Bonchev–Trinajstić information content (AvgIpc) is 2.99. The molecule has 13 heavy (non-hydrogen) atoms. The highest BCUT2D eigenvalue weighted by Gasteiger charge is 2.18. The zero-order valence-electron chi connectivity index (χ0n) is 7.83. The Labute approximate surface area is 78.7 Å². The molecule has 2 nitrogen and oxygen atoms in total. The minimum Gasteiger partial charge on any atom is -0.386 e. The molecule has 0 bridgehead atoms. The Morgan fingerprint density at radius 3 is 2.85 bits per heavy atom. The summed E-state index contributed by atoms with van der Waals surface area (Å²) in [7, 11) is 1.92. The van der Waals surface area contributed by atoms with Gasteiger partial charge in [0.25, 0.3) is 0 Å². The molecule has 0 heterocycles. The Bertz CT molecular complexity index is 314. The van der Waals surface area contributed by atoms with E-state index in [0.29, 0.717) is 0 Å². The molecule has 1 aromatic carbocycles. The molecule has 0 spiro atoms. The maximum atomic E-state index is 4.45. The Balaban J connectivity index is 2.17. The zero-order chi connectivity index (χ0) is 9.10. The van der Waals surface area contributed by atoms with Gasteiger partial charge in [-0.05, 0) is 30.9 Å². The third-order valence-corrected chi connectivity index (χ3v) is 2.22. The molecule has 0 saturated heterocycles. The van der Waals surface area contributed by atoms with Crippen LogP contribution >= 0.6 is 0 Å². The highest BCUT2D eigenvalue weighted by atomic mass is 14.9. The summed E-state index contributed by atoms with van der Waals surface area (Å²) in [6.45, 7) is 0. The van der Waals surface area contributed by atoms with Gasteiger partial charge in [0.15, 0.2) is 0 Å². The molecule has 0 radical (unpaired) electrons. The van der Waals surface area contributed by atoms with E-state index in [2.05, 4.69) is 16.5 Å². The second-order valence-electron chi connectivity index (χ2n) is 3.38. The number of hydrogen-bond donors (Lipinski definition) is 1. The van der Waals surface area contributed by atoms with Gasteiger partial charge >= 0.3 is 0 Å². The molecule has 0 aliphatic heterocycles. The van der Waals surface area contributed by atoms with Gasteiger partial charge in [0.2, 0.25) is 0 Å². The van der Waals surface area contributed by atoms with Crippen LogP contribution in [0.5, 0.6) is 0 Å². The van der Waals surface area contributed by atoms with E-state index >= 15 is 0 Å². The first-order valence-electron chi connectivity index (χ1n) is 4.71. The summed E-state index contributed by atoms with van der Waals surface area (Å²) >= 11 is 0. The molecule has 1 aliphatic rings. The molecular weight excluding hydrogens is 160 g/mol. The molecule has 2 heteroatoms. The molecule has 1 fully saturated rings. The number of nitrogens with one attached hydrogen (secondary N) is 1. The summed E-state index contributed by atoms with van der Waals surface area (Å²) in [4.78, 5) is 4.45. The lowest BCUT2D eigenvalue weighted by Crippen LogP contribution is -1.87. The monoisotopic (exact) mass is 174 g/mol. The van der Waals surface area contributed by atoms with Crippen molar-refractivity contribution in [3.05, 3.63) is 24.3 Å². The molecule has 2 rings (SSSR count). The van der Waals surface area contributed by atoms with Crippen LogP contribution in [0.15, 0.2) is 29.3 Å². The average molecular weight is 174 g/mol. The van der Waals surface area contributed by atoms with Gasteiger partial charge in [0, 0.05) is 13.3 Å². The van der Waals surface area contributed by atoms with Gasteiger partial charge in [-0.15, -0.1) is 0 Å². The lowest BCUT2D eigenvalue weighted by Gasteiger charge is -2.02. The van der Waals surface area contributed by atoms with Crippen LogP contribution in [0.2, 0.25) is 0 Å². The molecule has 0 amide bonds. The number of aliphatic imine (C=N–C) groups is 1. The number of benzene rings is 1. The summed E-state index contributed by atoms with van der Waals surface area (Å²) < 4.78 is 0. The van der Waals surface area contributed by atoms with E-state index in [-0.39, 0.29) is 0 Å². The van der Waals surface area contributed by atoms with Crippen LogP contribution in [0.1, 0.15) is 12.8 Å². The van der Waals surface area contributed by atoms with Crippen molar-refractivity contribution in [2.45, 2.75) is 12.8 Å². The van der Waals surface area contributed by atoms with Crippen molar-refractivity contribution in [1.29, 1.82) is 0 Å². The third kappa shape index (κ3) is 2.08. The second kappa shape index (κ2) is 3.60. The van der Waals surface area contributed by atoms with Crippen LogP contribution in [-0.2, 0) is 0 Å². The van der Waals surface area contributed by atoms with E-state index in [9.17, 15) is 0 Å². The highest BCUT2D eigenvalue weighted by Crippen LogP contribution is 2.29. The lowest BCUT2D eigenvalue weighted by molar-refractivity contribution is 1.23. The Morgan fingerprint density at radius 2 is 2.15 bits per heavy atom. The van der Waals surface area contributed by atoms with E-state index in [1.807, 2.05) is 31.3 Å². The summed E-state index contributed by atoms with van der Waals surface area (Å²) in [6.07, 6.45) is 4.69. The van der Waals surface area contributed by atoms with Crippen LogP contribution in [0.4, 0.5) is 11.4 Å². The molecule has 1 N–H and O–H groups in total. The van der Waals surface area contributed by atoms with Crippen molar-refractivity contribution < 1.29 is 0 Å². The van der Waals surface area contributed by atoms with Gasteiger partial charge in [-0.2, -0.15) is 0 Å². The van der Waals surface area contributed by atoms with Gasteiger partial charge in [0.05, 0.1) is 11.4 Å². The molecule has 1 saturated carbocycles. The maximum absolute atomic E-state index is 4.45. The molecule has 0 aromatic heterocycles. The summed E-state index contributed by atoms with van der Waals surface area (Å²) in [6, 6.07) is 8.10. The minimum absolute atomic E-state index is 0.741. The number of nitrogens with zero attached hydrogens (tertiary/aromatic N) is 1. The lowest BCUT2D eigenvalue weighted by atomic mass is 10.2. The maximum Gasteiger partial charge on any atom is 0.0857 e. The minimum atomic E-state index is 0.741. The van der Waals surface area contributed by atoms with Crippen LogP contribution in [0.25, 0.3) is 0 Å². The first-order chi connectivity index (χ1) is 6.40. The number of rotatable bonds is 3. The van der Waals surface area contributed by atoms with Crippen molar-refractivity contribution in [3.8, 4) is 0 Å². The highest BCUT2D eigenvalue weighted by molar-refractivity contribution is 5.74. The van der Waals surface area contributed by atoms with Crippen LogP contribution in [-0.4, -0.2) is 13.3 Å². The molecule has 1 aromatic rings. The number of para-hydroxylation sites is 2. The predicted octanol–water partition coefficient (Wildman–Crippen LogP) is 2.84. The standard InChI is InChI=1S/C11H14N2/c1-12-10-4-2-3-5-11(10)13-8-9-6-7-9/h2-5,8-9,12H,6-7H2,1H3. The van der Waals surface area contributed by atoms with Crippen molar-refractivity contribution in [1.82, 2.24) is 0 Å². The van der Waals surface area contributed by atoms with E-state index in [1.165, 1.54) is 12.8 Å². The normalized spacial score (nSPS) is 16.4. The van der Waals surface area contributed by atoms with E-state index in [4.69, 9.17) is 0 Å². The third-order valence-electron chi connectivity index (χ3n) is 2.22. The Hall–Kier alpha value is -1.31. The van der Waals surface area contributed by atoms with Crippen molar-refractivity contribution in [3.63, 3.8) is 0 Å². The first-order valence-corrected chi connectivity index (χ1v) is 4.71. The van der Waals surface area contributed by atoms with Gasteiger partial charge < -0.3 is 5.32 Å². The van der Waals surface area contributed by atoms with Crippen LogP contribution in [0, 0.1) is 5.92 Å². The topological polar surface area (TPSA) is 24.4 Å². The molecule has 0 unspecified atom stereocenters. The van der Waals surface area contributed by atoms with Crippen LogP contribution < -0.4 is 5.32 Å². The summed E-state index contributed by atoms with van der Waals surface area (Å²) in [5.41, 5.74) is 2.14. The van der Waals surface area contributed by atoms with E-state index < -0.39 is 0 Å². The van der Waals surface area contributed by atoms with Gasteiger partial charge in [-0.1, -0.05) is 12.1 Å². The zero-order valence-corrected chi connectivity index (χ0v) is 7.83. The summed E-state index contributed by atoms with van der Waals surface area (Å²) in [5, 5.41) is 3.13. The molecule has 68 valence electrons. The quantitative estimate of drug-likeness (QED) is 0.700. The van der Waals surface area contributed by atoms with Gasteiger partial charge in [-0.3, -0.25) is 4.99 Å². The Kier molecular flexibility index (Phi) is 2.30. The van der Waals surface area contributed by atoms with Crippen molar-refractivity contribution in [2.24, 2.45) is 10.9 Å². The fourth-order valence-electron chi connectivity index (χ4n) is 1.23. The van der Waals surface area contributed by atoms with Gasteiger partial charge in [0.1, 0.15) is 0 Å². The second-order valence-corrected chi connectivity index (χ2v) is 3.38. The van der Waals surface area contributed by atoms with Gasteiger partial charge in [-0.25, -0.2) is 0 Å². The number of hydrogen-bond acceptors (Lipinski definition) is 2. The molecule has 1 aliphatic carbocycles. The largest absolute Gasteiger partial charge is 0.386 e. The van der Waals surface area contributed by atoms with Crippen molar-refractivity contribution >= 4 is 17.6 Å². The number of anilines is 1. The first kappa shape index (κ1) is 8.30. The predicted molar refractivity (Wildman–Crippen MR) is 56.9 cm³/mol. The summed E-state index contributed by atoms with van der Waals surface area (Å²) in [5.74, 6) is 0.741. The SMILES string of the molecule is CNc1ccccc1N=CC1CC1. The van der Waals surface area contributed by atoms with Crippen LogP contribution in [0.3, 0.4) is 0 Å². The molecule has 0 atom stereocenters. The van der Waals surface area contributed by atoms with Crippen molar-refractivity contribution in [2.75, 3.05) is 12.4 Å². The fraction of sp³-hybridized carbons (Fsp3) is 0.364. The van der Waals surface area contributed by atoms with E-state index in [1.54, 1.807) is 0 Å².